The minimum Gasteiger partial charge on any atom is -0.491 e. The fourth-order valence-corrected chi connectivity index (χ4v) is 5.04. The average Bonchev–Trinajstić information content (AvgIpc) is 3.19. The van der Waals surface area contributed by atoms with Gasteiger partial charge in [-0.1, -0.05) is 48.0 Å². The topological polar surface area (TPSA) is 58.6 Å². The van der Waals surface area contributed by atoms with Gasteiger partial charge < -0.3 is 15.0 Å². The second-order valence-electron chi connectivity index (χ2n) is 8.43. The van der Waals surface area contributed by atoms with E-state index in [9.17, 15) is 9.59 Å². The maximum absolute atomic E-state index is 12.6. The summed E-state index contributed by atoms with van der Waals surface area (Å²) in [5, 5.41) is 3.55. The number of amides is 2. The maximum atomic E-state index is 12.6. The predicted octanol–water partition coefficient (Wildman–Crippen LogP) is 5.83. The van der Waals surface area contributed by atoms with E-state index in [1.165, 1.54) is 0 Å². The molecule has 0 aromatic heterocycles. The lowest BCUT2D eigenvalue weighted by Crippen LogP contribution is -2.27. The van der Waals surface area contributed by atoms with E-state index in [0.29, 0.717) is 29.4 Å². The summed E-state index contributed by atoms with van der Waals surface area (Å²) in [5.74, 6) is 1.23. The molecule has 1 heterocycles. The number of benzene rings is 3. The number of rotatable bonds is 8. The molecule has 1 aliphatic rings. The highest BCUT2D eigenvalue weighted by Gasteiger charge is 2.32. The summed E-state index contributed by atoms with van der Waals surface area (Å²) in [5.41, 5.74) is 3.62. The van der Waals surface area contributed by atoms with Crippen molar-refractivity contribution in [1.82, 2.24) is 10.2 Å². The maximum Gasteiger partial charge on any atom is 0.251 e. The van der Waals surface area contributed by atoms with Crippen LogP contribution in [0.5, 0.6) is 5.75 Å². The van der Waals surface area contributed by atoms with Gasteiger partial charge in [-0.15, -0.1) is 11.8 Å². The molecule has 4 rings (SSSR count). The van der Waals surface area contributed by atoms with Crippen LogP contribution >= 0.6 is 23.4 Å². The van der Waals surface area contributed by atoms with Crippen molar-refractivity contribution in [3.8, 4) is 5.75 Å². The van der Waals surface area contributed by atoms with Crippen LogP contribution in [-0.2, 0) is 17.9 Å². The van der Waals surface area contributed by atoms with Gasteiger partial charge >= 0.3 is 0 Å². The first-order chi connectivity index (χ1) is 16.4. The number of nitrogens with zero attached hydrogens (tertiary/aromatic N) is 1. The molecule has 2 amide bonds. The first-order valence-corrected chi connectivity index (χ1v) is 12.6. The number of halogens is 1. The molecule has 0 unspecified atom stereocenters. The normalized spacial score (nSPS) is 15.6. The van der Waals surface area contributed by atoms with Gasteiger partial charge in [0.25, 0.3) is 5.91 Å². The quantitative estimate of drug-likeness (QED) is 0.428. The summed E-state index contributed by atoms with van der Waals surface area (Å²) in [6, 6.07) is 22.7. The molecule has 0 aliphatic carbocycles. The summed E-state index contributed by atoms with van der Waals surface area (Å²) >= 11 is 7.58. The Hall–Kier alpha value is -2.96. The smallest absolute Gasteiger partial charge is 0.251 e. The fraction of sp³-hybridized carbons (Fsp3) is 0.259. The van der Waals surface area contributed by atoms with Gasteiger partial charge in [-0.05, 0) is 66.9 Å². The molecule has 0 radical (unpaired) electrons. The Labute approximate surface area is 209 Å². The van der Waals surface area contributed by atoms with E-state index in [1.54, 1.807) is 11.8 Å². The van der Waals surface area contributed by atoms with Gasteiger partial charge in [-0.25, -0.2) is 0 Å². The molecule has 0 bridgehead atoms. The number of nitrogens with one attached hydrogen (secondary N) is 1. The third kappa shape index (κ3) is 6.13. The highest BCUT2D eigenvalue weighted by molar-refractivity contribution is 8.00. The molecule has 5 nitrogen and oxygen atoms in total. The van der Waals surface area contributed by atoms with E-state index >= 15 is 0 Å². The zero-order valence-corrected chi connectivity index (χ0v) is 20.7. The van der Waals surface area contributed by atoms with E-state index < -0.39 is 0 Å². The van der Waals surface area contributed by atoms with Gasteiger partial charge in [0.2, 0.25) is 5.91 Å². The Morgan fingerprint density at radius 2 is 1.68 bits per heavy atom. The van der Waals surface area contributed by atoms with Gasteiger partial charge in [0.05, 0.1) is 11.9 Å². The SMILES string of the molecule is CC(C)Oc1ccc(CNC(=O)c2ccc([C@H]3SCC(=O)N3Cc3ccc(Cl)cc3)cc2)cc1. The lowest BCUT2D eigenvalue weighted by molar-refractivity contribution is -0.128. The summed E-state index contributed by atoms with van der Waals surface area (Å²) in [7, 11) is 0. The lowest BCUT2D eigenvalue weighted by atomic mass is 10.1. The Morgan fingerprint density at radius 1 is 1.03 bits per heavy atom. The van der Waals surface area contributed by atoms with Gasteiger partial charge in [-0.2, -0.15) is 0 Å². The number of hydrogen-bond donors (Lipinski definition) is 1. The zero-order valence-electron chi connectivity index (χ0n) is 19.2. The molecule has 1 saturated heterocycles. The molecule has 0 spiro atoms. The van der Waals surface area contributed by atoms with Crippen LogP contribution < -0.4 is 10.1 Å². The Balaban J connectivity index is 1.36. The molecule has 0 saturated carbocycles. The number of ether oxygens (including phenoxy) is 1. The fourth-order valence-electron chi connectivity index (χ4n) is 3.73. The van der Waals surface area contributed by atoms with Crippen LogP contribution in [0.15, 0.2) is 72.8 Å². The second kappa shape index (κ2) is 11.0. The van der Waals surface area contributed by atoms with E-state index in [4.69, 9.17) is 16.3 Å². The second-order valence-corrected chi connectivity index (χ2v) is 9.93. The standard InChI is InChI=1S/C27H27ClN2O3S/c1-18(2)33-24-13-5-19(6-14-24)15-29-26(32)21-7-9-22(10-8-21)27-30(25(31)17-34-27)16-20-3-11-23(28)12-4-20/h3-14,18,27H,15-17H2,1-2H3,(H,29,32)/t27-/m1/s1. The molecular formula is C27H27ClN2O3S. The van der Waals surface area contributed by atoms with Crippen molar-refractivity contribution in [2.24, 2.45) is 0 Å². The Morgan fingerprint density at radius 3 is 2.32 bits per heavy atom. The molecule has 34 heavy (non-hydrogen) atoms. The van der Waals surface area contributed by atoms with Gasteiger partial charge in [-0.3, -0.25) is 9.59 Å². The molecule has 3 aromatic rings. The van der Waals surface area contributed by atoms with E-state index in [2.05, 4.69) is 5.32 Å². The minimum atomic E-state index is -0.137. The van der Waals surface area contributed by atoms with Crippen molar-refractivity contribution >= 4 is 35.2 Å². The third-order valence-corrected chi connectivity index (χ3v) is 6.95. The highest BCUT2D eigenvalue weighted by atomic mass is 35.5. The Bertz CT molecular complexity index is 1130. The molecule has 1 fully saturated rings. The monoisotopic (exact) mass is 494 g/mol. The Kier molecular flexibility index (Phi) is 7.80. The van der Waals surface area contributed by atoms with Crippen LogP contribution in [0.25, 0.3) is 0 Å². The van der Waals surface area contributed by atoms with Gasteiger partial charge in [0, 0.05) is 23.7 Å². The van der Waals surface area contributed by atoms with Crippen molar-refractivity contribution < 1.29 is 14.3 Å². The molecule has 3 aromatic carbocycles. The minimum absolute atomic E-state index is 0.0770. The van der Waals surface area contributed by atoms with Crippen molar-refractivity contribution in [3.63, 3.8) is 0 Å². The first-order valence-electron chi connectivity index (χ1n) is 11.2. The first kappa shape index (κ1) is 24.2. The van der Waals surface area contributed by atoms with Crippen molar-refractivity contribution in [1.29, 1.82) is 0 Å². The van der Waals surface area contributed by atoms with Crippen LogP contribution in [0.4, 0.5) is 0 Å². The van der Waals surface area contributed by atoms with E-state index in [-0.39, 0.29) is 23.3 Å². The van der Waals surface area contributed by atoms with Crippen LogP contribution in [0.3, 0.4) is 0 Å². The summed E-state index contributed by atoms with van der Waals surface area (Å²) < 4.78 is 5.65. The molecule has 176 valence electrons. The summed E-state index contributed by atoms with van der Waals surface area (Å²) in [6.07, 6.45) is 0.124. The molecule has 7 heteroatoms. The third-order valence-electron chi connectivity index (χ3n) is 5.44. The lowest BCUT2D eigenvalue weighted by Gasteiger charge is -2.24. The van der Waals surface area contributed by atoms with E-state index in [1.807, 2.05) is 91.5 Å². The molecule has 1 N–H and O–H groups in total. The van der Waals surface area contributed by atoms with Crippen molar-refractivity contribution in [2.75, 3.05) is 5.75 Å². The number of carbonyl (C=O) groups excluding carboxylic acids is 2. The van der Waals surface area contributed by atoms with Crippen molar-refractivity contribution in [3.05, 3.63) is 100 Å². The highest BCUT2D eigenvalue weighted by Crippen LogP contribution is 2.39. The molecule has 1 aliphatic heterocycles. The number of carbonyl (C=O) groups is 2. The molecule has 1 atom stereocenters. The molecular weight excluding hydrogens is 468 g/mol. The van der Waals surface area contributed by atoms with Gasteiger partial charge in [0.15, 0.2) is 0 Å². The zero-order chi connectivity index (χ0) is 24.1. The largest absolute Gasteiger partial charge is 0.491 e. The van der Waals surface area contributed by atoms with Gasteiger partial charge in [0.1, 0.15) is 11.1 Å². The van der Waals surface area contributed by atoms with Crippen LogP contribution in [0.1, 0.15) is 46.3 Å². The summed E-state index contributed by atoms with van der Waals surface area (Å²) in [4.78, 5) is 27.0. The van der Waals surface area contributed by atoms with Crippen LogP contribution in [0.2, 0.25) is 5.02 Å². The average molecular weight is 495 g/mol. The van der Waals surface area contributed by atoms with Crippen LogP contribution in [-0.4, -0.2) is 28.6 Å². The number of hydrogen-bond acceptors (Lipinski definition) is 4. The predicted molar refractivity (Wildman–Crippen MR) is 137 cm³/mol. The van der Waals surface area contributed by atoms with E-state index in [0.717, 1.165) is 22.4 Å². The van der Waals surface area contributed by atoms with Crippen LogP contribution in [0, 0.1) is 0 Å². The summed E-state index contributed by atoms with van der Waals surface area (Å²) in [6.45, 7) is 4.93. The van der Waals surface area contributed by atoms with Crippen molar-refractivity contribution in [2.45, 2.75) is 38.4 Å². The number of thioether (sulfide) groups is 1.